The molecule has 1 aliphatic carbocycles. The van der Waals surface area contributed by atoms with Gasteiger partial charge in [0.25, 0.3) is 5.91 Å². The third-order valence-electron chi connectivity index (χ3n) is 3.35. The van der Waals surface area contributed by atoms with Crippen molar-refractivity contribution in [3.8, 4) is 0 Å². The smallest absolute Gasteiger partial charge is 0.303 e. The second-order valence-corrected chi connectivity index (χ2v) is 4.72. The number of aliphatic carboxylic acids is 1. The van der Waals surface area contributed by atoms with Gasteiger partial charge in [0.1, 0.15) is 5.76 Å². The largest absolute Gasteiger partial charge is 0.481 e. The normalized spacial score (nSPS) is 22.3. The molecule has 1 fully saturated rings. The molecule has 0 radical (unpaired) electrons. The summed E-state index contributed by atoms with van der Waals surface area (Å²) in [4.78, 5) is 22.4. The van der Waals surface area contributed by atoms with Gasteiger partial charge in [-0.2, -0.15) is 0 Å². The van der Waals surface area contributed by atoms with Crippen LogP contribution in [0.2, 0.25) is 0 Å². The molecule has 1 aromatic rings. The van der Waals surface area contributed by atoms with E-state index in [1.807, 2.05) is 6.92 Å². The maximum Gasteiger partial charge on any atom is 0.303 e. The van der Waals surface area contributed by atoms with Crippen molar-refractivity contribution in [2.45, 2.75) is 38.6 Å². The molecule has 2 N–H and O–H groups in total. The first-order valence-corrected chi connectivity index (χ1v) is 6.19. The topological polar surface area (TPSA) is 79.5 Å². The van der Waals surface area contributed by atoms with Gasteiger partial charge in [0.05, 0.1) is 11.8 Å². The van der Waals surface area contributed by atoms with Crippen LogP contribution >= 0.6 is 0 Å². The lowest BCUT2D eigenvalue weighted by atomic mass is 9.78. The molecule has 5 heteroatoms. The highest BCUT2D eigenvalue weighted by Gasteiger charge is 2.32. The fourth-order valence-electron chi connectivity index (χ4n) is 2.35. The third kappa shape index (κ3) is 2.72. The number of aryl methyl sites for hydroxylation is 1. The van der Waals surface area contributed by atoms with E-state index in [9.17, 15) is 9.59 Å². The number of carboxylic acid groups (broad SMARTS) is 1. The average molecular weight is 251 g/mol. The van der Waals surface area contributed by atoms with Gasteiger partial charge in [0, 0.05) is 18.9 Å². The summed E-state index contributed by atoms with van der Waals surface area (Å²) < 4.78 is 5.20. The van der Waals surface area contributed by atoms with Gasteiger partial charge in [-0.1, -0.05) is 6.92 Å². The predicted molar refractivity (Wildman–Crippen MR) is 64.3 cm³/mol. The number of nitrogens with one attached hydrogen (secondary N) is 1. The van der Waals surface area contributed by atoms with Crippen molar-refractivity contribution in [1.29, 1.82) is 0 Å². The number of furan rings is 1. The van der Waals surface area contributed by atoms with Crippen LogP contribution in [0, 0.1) is 5.92 Å². The molecule has 1 saturated carbocycles. The van der Waals surface area contributed by atoms with Gasteiger partial charge >= 0.3 is 5.97 Å². The van der Waals surface area contributed by atoms with E-state index in [0.29, 0.717) is 17.7 Å². The van der Waals surface area contributed by atoms with Crippen LogP contribution in [0.1, 0.15) is 42.3 Å². The Balaban J connectivity index is 1.82. The summed E-state index contributed by atoms with van der Waals surface area (Å²) >= 11 is 0. The highest BCUT2D eigenvalue weighted by atomic mass is 16.4. The standard InChI is InChI=1S/C13H17NO4/c1-2-11-10(3-4-18-11)13(17)14-9-5-8(6-9)7-12(15)16/h3-4,8-9H,2,5-7H2,1H3,(H,14,17)(H,15,16). The fraction of sp³-hybridized carbons (Fsp3) is 0.538. The number of hydrogen-bond acceptors (Lipinski definition) is 3. The van der Waals surface area contributed by atoms with Crippen LogP contribution in [0.3, 0.4) is 0 Å². The Hall–Kier alpha value is -1.78. The van der Waals surface area contributed by atoms with Gasteiger partial charge in [-0.25, -0.2) is 0 Å². The van der Waals surface area contributed by atoms with Crippen LogP contribution in [0.5, 0.6) is 0 Å². The minimum Gasteiger partial charge on any atom is -0.481 e. The fourth-order valence-corrected chi connectivity index (χ4v) is 2.35. The Morgan fingerprint density at radius 2 is 2.22 bits per heavy atom. The van der Waals surface area contributed by atoms with Gasteiger partial charge in [0.2, 0.25) is 0 Å². The lowest BCUT2D eigenvalue weighted by molar-refractivity contribution is -0.138. The molecule has 2 rings (SSSR count). The number of hydrogen-bond donors (Lipinski definition) is 2. The van der Waals surface area contributed by atoms with E-state index in [2.05, 4.69) is 5.32 Å². The zero-order valence-corrected chi connectivity index (χ0v) is 10.3. The molecule has 0 aliphatic heterocycles. The Labute approximate surface area is 105 Å². The van der Waals surface area contributed by atoms with Gasteiger partial charge in [-0.3, -0.25) is 9.59 Å². The molecule has 1 aliphatic rings. The molecular weight excluding hydrogens is 234 g/mol. The molecule has 0 unspecified atom stereocenters. The maximum absolute atomic E-state index is 11.9. The summed E-state index contributed by atoms with van der Waals surface area (Å²) in [6.45, 7) is 1.93. The molecule has 98 valence electrons. The van der Waals surface area contributed by atoms with Gasteiger partial charge in [-0.05, 0) is 24.8 Å². The highest BCUT2D eigenvalue weighted by molar-refractivity contribution is 5.95. The lowest BCUT2D eigenvalue weighted by Crippen LogP contribution is -2.44. The van der Waals surface area contributed by atoms with E-state index in [1.165, 1.54) is 6.26 Å². The van der Waals surface area contributed by atoms with Gasteiger partial charge in [-0.15, -0.1) is 0 Å². The van der Waals surface area contributed by atoms with E-state index < -0.39 is 5.97 Å². The minimum absolute atomic E-state index is 0.0986. The molecule has 0 saturated heterocycles. The third-order valence-corrected chi connectivity index (χ3v) is 3.35. The molecular formula is C13H17NO4. The van der Waals surface area contributed by atoms with E-state index in [1.54, 1.807) is 6.07 Å². The first kappa shape index (κ1) is 12.7. The maximum atomic E-state index is 11.9. The van der Waals surface area contributed by atoms with Crippen molar-refractivity contribution in [3.05, 3.63) is 23.7 Å². The minimum atomic E-state index is -0.770. The van der Waals surface area contributed by atoms with Crippen molar-refractivity contribution < 1.29 is 19.1 Å². The van der Waals surface area contributed by atoms with Crippen LogP contribution in [-0.4, -0.2) is 23.0 Å². The van der Waals surface area contributed by atoms with E-state index in [4.69, 9.17) is 9.52 Å². The van der Waals surface area contributed by atoms with Gasteiger partial charge in [0.15, 0.2) is 0 Å². The molecule has 0 atom stereocenters. The molecule has 0 spiro atoms. The second-order valence-electron chi connectivity index (χ2n) is 4.72. The van der Waals surface area contributed by atoms with Crippen molar-refractivity contribution >= 4 is 11.9 Å². The first-order chi connectivity index (χ1) is 8.60. The van der Waals surface area contributed by atoms with Crippen molar-refractivity contribution in [2.75, 3.05) is 0 Å². The van der Waals surface area contributed by atoms with E-state index in [0.717, 1.165) is 12.8 Å². The summed E-state index contributed by atoms with van der Waals surface area (Å²) in [5, 5.41) is 11.5. The first-order valence-electron chi connectivity index (χ1n) is 6.19. The Morgan fingerprint density at radius 3 is 2.83 bits per heavy atom. The number of carboxylic acids is 1. The van der Waals surface area contributed by atoms with Crippen molar-refractivity contribution in [1.82, 2.24) is 5.32 Å². The zero-order valence-electron chi connectivity index (χ0n) is 10.3. The van der Waals surface area contributed by atoms with Gasteiger partial charge < -0.3 is 14.8 Å². The summed E-state index contributed by atoms with van der Waals surface area (Å²) in [6, 6.07) is 1.77. The van der Waals surface area contributed by atoms with E-state index >= 15 is 0 Å². The number of carbonyl (C=O) groups is 2. The van der Waals surface area contributed by atoms with E-state index in [-0.39, 0.29) is 24.3 Å². The van der Waals surface area contributed by atoms with Crippen LogP contribution < -0.4 is 5.32 Å². The Kier molecular flexibility index (Phi) is 3.69. The average Bonchev–Trinajstić information content (AvgIpc) is 2.73. The Bertz CT molecular complexity index is 446. The molecule has 0 aromatic carbocycles. The summed E-state index contributed by atoms with van der Waals surface area (Å²) in [5.41, 5.74) is 0.583. The van der Waals surface area contributed by atoms with Crippen molar-refractivity contribution in [3.63, 3.8) is 0 Å². The number of carbonyl (C=O) groups excluding carboxylic acids is 1. The quantitative estimate of drug-likeness (QED) is 0.836. The van der Waals surface area contributed by atoms with Crippen LogP contribution in [0.15, 0.2) is 16.7 Å². The van der Waals surface area contributed by atoms with Crippen LogP contribution in [-0.2, 0) is 11.2 Å². The van der Waals surface area contributed by atoms with Crippen molar-refractivity contribution in [2.24, 2.45) is 5.92 Å². The molecule has 1 amide bonds. The summed E-state index contributed by atoms with van der Waals surface area (Å²) in [7, 11) is 0. The SMILES string of the molecule is CCc1occc1C(=O)NC1CC(CC(=O)O)C1. The van der Waals surface area contributed by atoms with Crippen LogP contribution in [0.4, 0.5) is 0 Å². The summed E-state index contributed by atoms with van der Waals surface area (Å²) in [5.74, 6) is -0.0102. The number of rotatable bonds is 5. The Morgan fingerprint density at radius 1 is 1.50 bits per heavy atom. The lowest BCUT2D eigenvalue weighted by Gasteiger charge is -2.34. The number of amides is 1. The predicted octanol–water partition coefficient (Wildman–Crippen LogP) is 1.83. The molecule has 18 heavy (non-hydrogen) atoms. The molecule has 5 nitrogen and oxygen atoms in total. The zero-order chi connectivity index (χ0) is 13.1. The summed E-state index contributed by atoms with van der Waals surface area (Å²) in [6.07, 6.45) is 3.89. The monoisotopic (exact) mass is 251 g/mol. The highest BCUT2D eigenvalue weighted by Crippen LogP contribution is 2.30. The second kappa shape index (κ2) is 5.25. The molecule has 1 heterocycles. The molecule has 1 aromatic heterocycles. The molecule has 0 bridgehead atoms. The van der Waals surface area contributed by atoms with Crippen LogP contribution in [0.25, 0.3) is 0 Å².